The van der Waals surface area contributed by atoms with Gasteiger partial charge in [-0.1, -0.05) is 19.1 Å². The van der Waals surface area contributed by atoms with Gasteiger partial charge in [-0.3, -0.25) is 14.9 Å². The Labute approximate surface area is 116 Å². The minimum atomic E-state index is -0.755. The van der Waals surface area contributed by atoms with Crippen molar-refractivity contribution in [2.75, 3.05) is 13.1 Å². The molecule has 0 aliphatic carbocycles. The SMILES string of the molecule is CCC1(O)CN(C(=O)C=Cc2cccc([N+](=O)[O-])c2)C1. The lowest BCUT2D eigenvalue weighted by molar-refractivity contribution is -0.384. The standard InChI is InChI=1S/C14H16N2O4/c1-2-14(18)9-15(10-14)13(17)7-6-11-4-3-5-12(8-11)16(19)20/h3-8,18H,2,9-10H2,1H3. The van der Waals surface area contributed by atoms with Gasteiger partial charge in [0, 0.05) is 18.2 Å². The van der Waals surface area contributed by atoms with Crippen molar-refractivity contribution in [1.82, 2.24) is 4.90 Å². The first-order valence-corrected chi connectivity index (χ1v) is 6.37. The molecule has 0 saturated carbocycles. The molecule has 1 amide bonds. The van der Waals surface area contributed by atoms with Crippen LogP contribution in [0.1, 0.15) is 18.9 Å². The summed E-state index contributed by atoms with van der Waals surface area (Å²) in [4.78, 5) is 23.5. The van der Waals surface area contributed by atoms with Crippen molar-refractivity contribution in [2.24, 2.45) is 0 Å². The van der Waals surface area contributed by atoms with Gasteiger partial charge in [0.2, 0.25) is 5.91 Å². The van der Waals surface area contributed by atoms with Crippen LogP contribution in [0.25, 0.3) is 6.08 Å². The van der Waals surface area contributed by atoms with E-state index in [1.54, 1.807) is 18.2 Å². The number of rotatable bonds is 4. The molecule has 1 aliphatic heterocycles. The van der Waals surface area contributed by atoms with Gasteiger partial charge in [-0.15, -0.1) is 0 Å². The summed E-state index contributed by atoms with van der Waals surface area (Å²) in [5.41, 5.74) is -0.169. The number of carbonyl (C=O) groups is 1. The number of benzene rings is 1. The third-order valence-corrected chi connectivity index (χ3v) is 3.44. The number of β-amino-alcohol motifs (C(OH)–C–C–N with tert-alkyl or cyclic N) is 1. The Morgan fingerprint density at radius 2 is 2.25 bits per heavy atom. The van der Waals surface area contributed by atoms with E-state index in [-0.39, 0.29) is 11.6 Å². The lowest BCUT2D eigenvalue weighted by Gasteiger charge is -2.45. The predicted octanol–water partition coefficient (Wildman–Crippen LogP) is 1.59. The Morgan fingerprint density at radius 1 is 1.55 bits per heavy atom. The van der Waals surface area contributed by atoms with Crippen LogP contribution in [0.15, 0.2) is 30.3 Å². The normalized spacial score (nSPS) is 17.0. The van der Waals surface area contributed by atoms with Crippen LogP contribution in [0.4, 0.5) is 5.69 Å². The van der Waals surface area contributed by atoms with E-state index in [4.69, 9.17) is 0 Å². The molecule has 6 nitrogen and oxygen atoms in total. The second kappa shape index (κ2) is 5.42. The number of non-ortho nitro benzene ring substituents is 1. The zero-order chi connectivity index (χ0) is 14.8. The van der Waals surface area contributed by atoms with Crippen LogP contribution in [0.2, 0.25) is 0 Å². The monoisotopic (exact) mass is 276 g/mol. The number of likely N-dealkylation sites (tertiary alicyclic amines) is 1. The van der Waals surface area contributed by atoms with Gasteiger partial charge in [0.1, 0.15) is 0 Å². The molecule has 0 radical (unpaired) electrons. The lowest BCUT2D eigenvalue weighted by atomic mass is 9.91. The number of hydrogen-bond donors (Lipinski definition) is 1. The van der Waals surface area contributed by atoms with Crippen LogP contribution in [-0.2, 0) is 4.79 Å². The van der Waals surface area contributed by atoms with Crippen molar-refractivity contribution in [2.45, 2.75) is 18.9 Å². The van der Waals surface area contributed by atoms with Gasteiger partial charge in [-0.2, -0.15) is 0 Å². The molecule has 0 aromatic heterocycles. The van der Waals surface area contributed by atoms with E-state index in [0.29, 0.717) is 25.1 Å². The zero-order valence-corrected chi connectivity index (χ0v) is 11.2. The number of amides is 1. The molecule has 1 heterocycles. The highest BCUT2D eigenvalue weighted by atomic mass is 16.6. The second-order valence-electron chi connectivity index (χ2n) is 4.96. The van der Waals surface area contributed by atoms with Crippen LogP contribution >= 0.6 is 0 Å². The number of hydrogen-bond acceptors (Lipinski definition) is 4. The van der Waals surface area contributed by atoms with Crippen molar-refractivity contribution in [3.8, 4) is 0 Å². The topological polar surface area (TPSA) is 83.7 Å². The van der Waals surface area contributed by atoms with E-state index in [2.05, 4.69) is 0 Å². The van der Waals surface area contributed by atoms with Gasteiger partial charge in [0.25, 0.3) is 5.69 Å². The first kappa shape index (κ1) is 14.2. The molecule has 0 bridgehead atoms. The average molecular weight is 276 g/mol. The van der Waals surface area contributed by atoms with Crippen LogP contribution < -0.4 is 0 Å². The van der Waals surface area contributed by atoms with Gasteiger partial charge in [0.05, 0.1) is 23.6 Å². The van der Waals surface area contributed by atoms with Gasteiger partial charge in [-0.05, 0) is 18.1 Å². The Kier molecular flexibility index (Phi) is 3.85. The summed E-state index contributed by atoms with van der Waals surface area (Å²) in [5, 5.41) is 20.5. The summed E-state index contributed by atoms with van der Waals surface area (Å²) in [6.45, 7) is 2.55. The number of nitrogens with zero attached hydrogens (tertiary/aromatic N) is 2. The molecule has 6 heteroatoms. The van der Waals surface area contributed by atoms with Crippen LogP contribution in [0.3, 0.4) is 0 Å². The second-order valence-corrected chi connectivity index (χ2v) is 4.96. The molecule has 1 aliphatic rings. The molecule has 1 aromatic carbocycles. The molecule has 1 N–H and O–H groups in total. The molecule has 0 atom stereocenters. The summed E-state index contributed by atoms with van der Waals surface area (Å²) in [7, 11) is 0. The summed E-state index contributed by atoms with van der Waals surface area (Å²) in [6.07, 6.45) is 3.53. The van der Waals surface area contributed by atoms with E-state index < -0.39 is 10.5 Å². The van der Waals surface area contributed by atoms with E-state index in [0.717, 1.165) is 0 Å². The largest absolute Gasteiger partial charge is 0.386 e. The molecular weight excluding hydrogens is 260 g/mol. The fourth-order valence-electron chi connectivity index (χ4n) is 2.06. The van der Waals surface area contributed by atoms with E-state index >= 15 is 0 Å². The molecule has 1 aromatic rings. The fraction of sp³-hybridized carbons (Fsp3) is 0.357. The van der Waals surface area contributed by atoms with Gasteiger partial charge in [0.15, 0.2) is 0 Å². The predicted molar refractivity (Wildman–Crippen MR) is 74.0 cm³/mol. The third-order valence-electron chi connectivity index (χ3n) is 3.44. The van der Waals surface area contributed by atoms with Crippen molar-refractivity contribution in [1.29, 1.82) is 0 Å². The maximum atomic E-state index is 11.8. The first-order chi connectivity index (χ1) is 9.43. The summed E-state index contributed by atoms with van der Waals surface area (Å²) in [5.74, 6) is -0.199. The summed E-state index contributed by atoms with van der Waals surface area (Å²) in [6, 6.07) is 6.06. The molecule has 106 valence electrons. The van der Waals surface area contributed by atoms with E-state index in [9.17, 15) is 20.0 Å². The van der Waals surface area contributed by atoms with Crippen LogP contribution in [0.5, 0.6) is 0 Å². The highest BCUT2D eigenvalue weighted by molar-refractivity contribution is 5.92. The minimum absolute atomic E-state index is 0.0103. The smallest absolute Gasteiger partial charge is 0.270 e. The first-order valence-electron chi connectivity index (χ1n) is 6.37. The Bertz CT molecular complexity index is 562. The molecule has 1 fully saturated rings. The Balaban J connectivity index is 1.98. The highest BCUT2D eigenvalue weighted by Crippen LogP contribution is 2.24. The quantitative estimate of drug-likeness (QED) is 0.514. The Hall–Kier alpha value is -2.21. The van der Waals surface area contributed by atoms with Crippen LogP contribution in [0, 0.1) is 10.1 Å². The summed E-state index contributed by atoms with van der Waals surface area (Å²) < 4.78 is 0. The molecule has 2 rings (SSSR count). The number of nitro groups is 1. The molecular formula is C14H16N2O4. The number of nitro benzene ring substituents is 1. The molecule has 1 saturated heterocycles. The van der Waals surface area contributed by atoms with Gasteiger partial charge < -0.3 is 10.0 Å². The van der Waals surface area contributed by atoms with E-state index in [1.807, 2.05) is 6.92 Å². The van der Waals surface area contributed by atoms with Gasteiger partial charge >= 0.3 is 0 Å². The number of aliphatic hydroxyl groups is 1. The maximum Gasteiger partial charge on any atom is 0.270 e. The fourth-order valence-corrected chi connectivity index (χ4v) is 2.06. The van der Waals surface area contributed by atoms with Crippen molar-refractivity contribution < 1.29 is 14.8 Å². The van der Waals surface area contributed by atoms with Crippen LogP contribution in [-0.4, -0.2) is 39.5 Å². The van der Waals surface area contributed by atoms with Crippen molar-refractivity contribution in [3.05, 3.63) is 46.0 Å². The zero-order valence-electron chi connectivity index (χ0n) is 11.2. The Morgan fingerprint density at radius 3 is 2.85 bits per heavy atom. The van der Waals surface area contributed by atoms with Gasteiger partial charge in [-0.25, -0.2) is 0 Å². The van der Waals surface area contributed by atoms with Crippen molar-refractivity contribution >= 4 is 17.7 Å². The molecule has 0 spiro atoms. The molecule has 20 heavy (non-hydrogen) atoms. The molecule has 0 unspecified atom stereocenters. The maximum absolute atomic E-state index is 11.8. The minimum Gasteiger partial charge on any atom is -0.386 e. The lowest BCUT2D eigenvalue weighted by Crippen LogP contribution is -2.62. The highest BCUT2D eigenvalue weighted by Gasteiger charge is 2.41. The summed E-state index contributed by atoms with van der Waals surface area (Å²) >= 11 is 0. The van der Waals surface area contributed by atoms with E-state index in [1.165, 1.54) is 23.1 Å². The third kappa shape index (κ3) is 3.03. The number of carbonyl (C=O) groups excluding carboxylic acids is 1. The van der Waals surface area contributed by atoms with Crippen molar-refractivity contribution in [3.63, 3.8) is 0 Å². The average Bonchev–Trinajstić information content (AvgIpc) is 2.41.